The number of amidine groups is 1. The molecule has 1 heterocycles. The van der Waals surface area contributed by atoms with Gasteiger partial charge in [-0.25, -0.2) is 17.6 Å². The summed E-state index contributed by atoms with van der Waals surface area (Å²) < 4.78 is 87.7. The Morgan fingerprint density at radius 3 is 2.36 bits per heavy atom. The standard InChI is InChI=1S/C23H24F4N4O7S/c1-22(2,3)38-21(33)29-16-11-39(35,36)18-9-15(24)14(19(28)30-34)8-17(18)31(20(16)32)10-12-4-6-13(7-5-12)37-23(25,26)27/h4-9,16,34H,10-11H2,1-3H3,(H2,28,30)(H,29,33)/t16-/m0/s1. The summed E-state index contributed by atoms with van der Waals surface area (Å²) >= 11 is 0. The van der Waals surface area contributed by atoms with Gasteiger partial charge in [0.15, 0.2) is 15.7 Å². The Bertz CT molecular complexity index is 1410. The van der Waals surface area contributed by atoms with Crippen LogP contribution in [0.15, 0.2) is 46.4 Å². The molecule has 0 saturated heterocycles. The van der Waals surface area contributed by atoms with Gasteiger partial charge in [0.2, 0.25) is 0 Å². The highest BCUT2D eigenvalue weighted by molar-refractivity contribution is 7.91. The summed E-state index contributed by atoms with van der Waals surface area (Å²) in [6.07, 6.45) is -6.04. The van der Waals surface area contributed by atoms with E-state index in [1.54, 1.807) is 20.8 Å². The monoisotopic (exact) mass is 576 g/mol. The Morgan fingerprint density at radius 2 is 1.82 bits per heavy atom. The van der Waals surface area contributed by atoms with E-state index in [4.69, 9.17) is 15.7 Å². The Labute approximate surface area is 220 Å². The number of hydrogen-bond acceptors (Lipinski definition) is 8. The molecule has 0 unspecified atom stereocenters. The first-order valence-corrected chi connectivity index (χ1v) is 12.8. The third kappa shape index (κ3) is 7.28. The molecule has 0 spiro atoms. The Hall–Kier alpha value is -4.08. The number of amides is 2. The minimum absolute atomic E-state index is 0.216. The second-order valence-corrected chi connectivity index (χ2v) is 11.4. The summed E-state index contributed by atoms with van der Waals surface area (Å²) in [7, 11) is -4.43. The van der Waals surface area contributed by atoms with Gasteiger partial charge >= 0.3 is 12.5 Å². The number of sulfone groups is 1. The quantitative estimate of drug-likeness (QED) is 0.161. The molecule has 1 atom stereocenters. The van der Waals surface area contributed by atoms with E-state index >= 15 is 0 Å². The average molecular weight is 577 g/mol. The SMILES string of the molecule is CC(C)(C)OC(=O)N[C@H]1CS(=O)(=O)c2cc(F)c(/C(N)=N/O)cc2N(Cc2ccc(OC(F)(F)F)cc2)C1=O. The average Bonchev–Trinajstić information content (AvgIpc) is 2.86. The van der Waals surface area contributed by atoms with Crippen molar-refractivity contribution in [2.45, 2.75) is 50.2 Å². The Morgan fingerprint density at radius 1 is 1.21 bits per heavy atom. The molecule has 2 aromatic carbocycles. The molecule has 0 bridgehead atoms. The van der Waals surface area contributed by atoms with Gasteiger partial charge in [0.1, 0.15) is 23.2 Å². The number of anilines is 1. The van der Waals surface area contributed by atoms with Gasteiger partial charge in [-0.1, -0.05) is 17.3 Å². The van der Waals surface area contributed by atoms with Crippen LogP contribution < -0.4 is 20.7 Å². The number of alkyl carbamates (subject to hydrolysis) is 1. The second kappa shape index (κ2) is 10.6. The normalized spacial score (nSPS) is 17.7. The zero-order valence-corrected chi connectivity index (χ0v) is 21.6. The van der Waals surface area contributed by atoms with Crippen LogP contribution in [0.2, 0.25) is 0 Å². The van der Waals surface area contributed by atoms with Gasteiger partial charge in [0, 0.05) is 0 Å². The molecule has 0 saturated carbocycles. The molecule has 0 aromatic heterocycles. The highest BCUT2D eigenvalue weighted by atomic mass is 32.2. The van der Waals surface area contributed by atoms with Crippen molar-refractivity contribution in [1.82, 2.24) is 5.32 Å². The molecular weight excluding hydrogens is 552 g/mol. The number of carbonyl (C=O) groups is 2. The van der Waals surface area contributed by atoms with Gasteiger partial charge in [-0.3, -0.25) is 4.79 Å². The lowest BCUT2D eigenvalue weighted by atomic mass is 10.1. The van der Waals surface area contributed by atoms with Gasteiger partial charge in [-0.05, 0) is 50.6 Å². The maximum Gasteiger partial charge on any atom is 0.573 e. The molecule has 0 aliphatic carbocycles. The molecule has 1 aliphatic heterocycles. The van der Waals surface area contributed by atoms with Crippen LogP contribution in [-0.4, -0.2) is 55.2 Å². The molecule has 2 aromatic rings. The van der Waals surface area contributed by atoms with Gasteiger partial charge < -0.3 is 30.6 Å². The maximum absolute atomic E-state index is 14.8. The van der Waals surface area contributed by atoms with Gasteiger partial charge in [-0.2, -0.15) is 0 Å². The minimum atomic E-state index is -4.94. The summed E-state index contributed by atoms with van der Waals surface area (Å²) in [4.78, 5) is 26.3. The van der Waals surface area contributed by atoms with Crippen molar-refractivity contribution in [2.24, 2.45) is 10.9 Å². The molecule has 1 aliphatic rings. The highest BCUT2D eigenvalue weighted by Crippen LogP contribution is 2.34. The number of halogens is 4. The summed E-state index contributed by atoms with van der Waals surface area (Å²) in [5.74, 6) is -4.36. The number of nitrogens with two attached hydrogens (primary N) is 1. The molecule has 4 N–H and O–H groups in total. The number of rotatable bonds is 5. The number of fused-ring (bicyclic) bond motifs is 1. The highest BCUT2D eigenvalue weighted by Gasteiger charge is 2.40. The van der Waals surface area contributed by atoms with E-state index in [1.165, 1.54) is 12.1 Å². The van der Waals surface area contributed by atoms with Crippen LogP contribution in [0.5, 0.6) is 5.75 Å². The van der Waals surface area contributed by atoms with E-state index in [0.717, 1.165) is 23.1 Å². The number of nitrogens with one attached hydrogen (secondary N) is 1. The Kier molecular flexibility index (Phi) is 8.00. The fraction of sp³-hybridized carbons (Fsp3) is 0.348. The van der Waals surface area contributed by atoms with Gasteiger partial charge in [-0.15, -0.1) is 13.2 Å². The van der Waals surface area contributed by atoms with Gasteiger partial charge in [0.25, 0.3) is 5.91 Å². The lowest BCUT2D eigenvalue weighted by Crippen LogP contribution is -2.51. The van der Waals surface area contributed by atoms with Crippen molar-refractivity contribution >= 4 is 33.4 Å². The number of nitrogens with zero attached hydrogens (tertiary/aromatic N) is 2. The van der Waals surface area contributed by atoms with Crippen LogP contribution in [-0.2, 0) is 25.9 Å². The van der Waals surface area contributed by atoms with Crippen LogP contribution in [0, 0.1) is 5.82 Å². The number of ether oxygens (including phenoxy) is 2. The summed E-state index contributed by atoms with van der Waals surface area (Å²) in [5, 5.41) is 13.9. The second-order valence-electron chi connectivity index (χ2n) is 9.38. The molecule has 212 valence electrons. The van der Waals surface area contributed by atoms with E-state index in [2.05, 4.69) is 15.2 Å². The number of alkyl halides is 3. The van der Waals surface area contributed by atoms with Crippen molar-refractivity contribution in [3.8, 4) is 5.75 Å². The predicted octanol–water partition coefficient (Wildman–Crippen LogP) is 3.03. The first-order chi connectivity index (χ1) is 17.9. The van der Waals surface area contributed by atoms with Crippen molar-refractivity contribution in [1.29, 1.82) is 0 Å². The van der Waals surface area contributed by atoms with Crippen molar-refractivity contribution in [3.05, 3.63) is 53.3 Å². The van der Waals surface area contributed by atoms with Crippen LogP contribution in [0.1, 0.15) is 31.9 Å². The summed E-state index contributed by atoms with van der Waals surface area (Å²) in [6, 6.07) is 4.12. The van der Waals surface area contributed by atoms with Crippen LogP contribution in [0.25, 0.3) is 0 Å². The van der Waals surface area contributed by atoms with E-state index in [-0.39, 0.29) is 11.3 Å². The lowest BCUT2D eigenvalue weighted by molar-refractivity contribution is -0.274. The molecule has 0 fully saturated rings. The fourth-order valence-electron chi connectivity index (χ4n) is 3.64. The number of oxime groups is 1. The third-order valence-electron chi connectivity index (χ3n) is 5.20. The van der Waals surface area contributed by atoms with E-state index in [9.17, 15) is 35.6 Å². The fourth-order valence-corrected chi connectivity index (χ4v) is 5.25. The predicted molar refractivity (Wildman–Crippen MR) is 128 cm³/mol. The van der Waals surface area contributed by atoms with E-state index in [0.29, 0.717) is 6.07 Å². The van der Waals surface area contributed by atoms with Crippen LogP contribution >= 0.6 is 0 Å². The first-order valence-electron chi connectivity index (χ1n) is 11.1. The molecule has 3 rings (SSSR count). The molecule has 2 amide bonds. The molecule has 11 nitrogen and oxygen atoms in total. The first kappa shape index (κ1) is 29.5. The van der Waals surface area contributed by atoms with E-state index in [1.807, 2.05) is 0 Å². The topological polar surface area (TPSA) is 161 Å². The number of hydrogen-bond donors (Lipinski definition) is 3. The smallest absolute Gasteiger partial charge is 0.444 e. The number of carbonyl (C=O) groups excluding carboxylic acids is 2. The van der Waals surface area contributed by atoms with Crippen molar-refractivity contribution in [3.63, 3.8) is 0 Å². The molecule has 0 radical (unpaired) electrons. The largest absolute Gasteiger partial charge is 0.573 e. The molecular formula is C23H24F4N4O7S. The molecule has 39 heavy (non-hydrogen) atoms. The maximum atomic E-state index is 14.8. The minimum Gasteiger partial charge on any atom is -0.444 e. The third-order valence-corrected chi connectivity index (χ3v) is 6.97. The zero-order valence-electron chi connectivity index (χ0n) is 20.7. The van der Waals surface area contributed by atoms with Crippen molar-refractivity contribution in [2.75, 3.05) is 10.7 Å². The Balaban J connectivity index is 2.11. The number of benzene rings is 2. The van der Waals surface area contributed by atoms with Crippen LogP contribution in [0.4, 0.5) is 28.0 Å². The summed E-state index contributed by atoms with van der Waals surface area (Å²) in [6.45, 7) is 4.21. The van der Waals surface area contributed by atoms with Gasteiger partial charge in [0.05, 0.1) is 28.4 Å². The van der Waals surface area contributed by atoms with Crippen LogP contribution in [0.3, 0.4) is 0 Å². The van der Waals surface area contributed by atoms with Crippen molar-refractivity contribution < 1.29 is 50.2 Å². The lowest BCUT2D eigenvalue weighted by Gasteiger charge is -2.27. The summed E-state index contributed by atoms with van der Waals surface area (Å²) in [5.41, 5.74) is 3.84. The van der Waals surface area contributed by atoms with E-state index < -0.39 is 80.0 Å². The zero-order chi connectivity index (χ0) is 29.3. The molecule has 16 heteroatoms.